The Bertz CT molecular complexity index is 677. The molecule has 0 bridgehead atoms. The standard InChI is InChI=1S/C16H17N3O3/c20-9-8-18(13-6-7-13)16(22)15(21)12-10-17-19(11-12)14-4-2-1-3-5-14/h1-5,10-11,13,20H,6-9H2. The summed E-state index contributed by atoms with van der Waals surface area (Å²) in [4.78, 5) is 26.1. The van der Waals surface area contributed by atoms with Crippen molar-refractivity contribution in [2.75, 3.05) is 13.2 Å². The predicted molar refractivity (Wildman–Crippen MR) is 79.7 cm³/mol. The lowest BCUT2D eigenvalue weighted by Gasteiger charge is -2.19. The SMILES string of the molecule is O=C(C(=O)N(CCO)C1CC1)c1cnn(-c2ccccc2)c1. The lowest BCUT2D eigenvalue weighted by molar-refractivity contribution is -0.127. The minimum atomic E-state index is -0.581. The molecular weight excluding hydrogens is 282 g/mol. The van der Waals surface area contributed by atoms with E-state index in [1.54, 1.807) is 10.9 Å². The third-order valence-corrected chi connectivity index (χ3v) is 3.65. The van der Waals surface area contributed by atoms with E-state index in [0.717, 1.165) is 18.5 Å². The van der Waals surface area contributed by atoms with Crippen LogP contribution in [-0.4, -0.2) is 50.7 Å². The zero-order valence-electron chi connectivity index (χ0n) is 12.1. The molecule has 1 aliphatic rings. The van der Waals surface area contributed by atoms with Gasteiger partial charge in [-0.15, -0.1) is 0 Å². The van der Waals surface area contributed by atoms with Gasteiger partial charge in [-0.05, 0) is 25.0 Å². The van der Waals surface area contributed by atoms with E-state index >= 15 is 0 Å². The van der Waals surface area contributed by atoms with Crippen LogP contribution in [0.3, 0.4) is 0 Å². The molecule has 1 amide bonds. The Hall–Kier alpha value is -2.47. The van der Waals surface area contributed by atoms with Crippen molar-refractivity contribution in [2.24, 2.45) is 0 Å². The van der Waals surface area contributed by atoms with E-state index in [4.69, 9.17) is 5.11 Å². The van der Waals surface area contributed by atoms with Gasteiger partial charge in [-0.2, -0.15) is 5.10 Å². The predicted octanol–water partition coefficient (Wildman–Crippen LogP) is 1.04. The van der Waals surface area contributed by atoms with Crippen LogP contribution in [0, 0.1) is 0 Å². The highest BCUT2D eigenvalue weighted by Gasteiger charge is 2.35. The molecular formula is C16H17N3O3. The number of rotatable bonds is 6. The van der Waals surface area contributed by atoms with Gasteiger partial charge in [0.05, 0.1) is 24.1 Å². The summed E-state index contributed by atoms with van der Waals surface area (Å²) in [6, 6.07) is 9.47. The maximum absolute atomic E-state index is 12.3. The maximum Gasteiger partial charge on any atom is 0.295 e. The Labute approximate surface area is 128 Å². The molecule has 1 heterocycles. The summed E-state index contributed by atoms with van der Waals surface area (Å²) in [5.41, 5.74) is 1.08. The van der Waals surface area contributed by atoms with Crippen LogP contribution in [0.1, 0.15) is 23.2 Å². The molecule has 0 spiro atoms. The first-order valence-corrected chi connectivity index (χ1v) is 7.27. The number of aromatic nitrogens is 2. The summed E-state index contributed by atoms with van der Waals surface area (Å²) in [6.07, 6.45) is 4.74. The van der Waals surface area contributed by atoms with E-state index in [9.17, 15) is 9.59 Å². The first-order valence-electron chi connectivity index (χ1n) is 7.27. The number of benzene rings is 1. The number of hydrogen-bond donors (Lipinski definition) is 1. The van der Waals surface area contributed by atoms with Crippen LogP contribution >= 0.6 is 0 Å². The number of para-hydroxylation sites is 1. The molecule has 0 saturated heterocycles. The third kappa shape index (κ3) is 2.92. The van der Waals surface area contributed by atoms with Crippen molar-refractivity contribution in [1.29, 1.82) is 0 Å². The highest BCUT2D eigenvalue weighted by atomic mass is 16.3. The van der Waals surface area contributed by atoms with E-state index in [1.807, 2.05) is 30.3 Å². The first kappa shape index (κ1) is 14.5. The summed E-state index contributed by atoms with van der Waals surface area (Å²) < 4.78 is 1.56. The minimum absolute atomic E-state index is 0.0905. The van der Waals surface area contributed by atoms with E-state index in [0.29, 0.717) is 0 Å². The molecule has 1 aromatic carbocycles. The molecule has 6 heteroatoms. The van der Waals surface area contributed by atoms with Crippen LogP contribution in [0.25, 0.3) is 5.69 Å². The fraction of sp³-hybridized carbons (Fsp3) is 0.312. The van der Waals surface area contributed by atoms with E-state index in [2.05, 4.69) is 5.10 Å². The highest BCUT2D eigenvalue weighted by Crippen LogP contribution is 2.27. The van der Waals surface area contributed by atoms with Gasteiger partial charge in [0.1, 0.15) is 0 Å². The second-order valence-corrected chi connectivity index (χ2v) is 5.29. The molecule has 1 aromatic heterocycles. The van der Waals surface area contributed by atoms with Gasteiger partial charge in [0.2, 0.25) is 0 Å². The average molecular weight is 299 g/mol. The molecule has 114 valence electrons. The molecule has 0 atom stereocenters. The summed E-state index contributed by atoms with van der Waals surface area (Å²) in [7, 11) is 0. The smallest absolute Gasteiger partial charge is 0.295 e. The van der Waals surface area contributed by atoms with Gasteiger partial charge in [-0.1, -0.05) is 18.2 Å². The van der Waals surface area contributed by atoms with Gasteiger partial charge in [0, 0.05) is 18.8 Å². The van der Waals surface area contributed by atoms with E-state index < -0.39 is 11.7 Å². The molecule has 0 unspecified atom stereocenters. The molecule has 1 fully saturated rings. The number of amides is 1. The van der Waals surface area contributed by atoms with Crippen molar-refractivity contribution in [3.8, 4) is 5.69 Å². The number of nitrogens with zero attached hydrogens (tertiary/aromatic N) is 3. The zero-order valence-corrected chi connectivity index (χ0v) is 12.1. The summed E-state index contributed by atoms with van der Waals surface area (Å²) in [6.45, 7) is 0.0564. The van der Waals surface area contributed by atoms with Crippen molar-refractivity contribution in [3.63, 3.8) is 0 Å². The quantitative estimate of drug-likeness (QED) is 0.639. The molecule has 3 rings (SSSR count). The second kappa shape index (κ2) is 6.11. The average Bonchev–Trinajstić information content (AvgIpc) is 3.27. The molecule has 1 saturated carbocycles. The Morgan fingerprint density at radius 3 is 2.64 bits per heavy atom. The van der Waals surface area contributed by atoms with Crippen molar-refractivity contribution in [1.82, 2.24) is 14.7 Å². The van der Waals surface area contributed by atoms with E-state index in [-0.39, 0.29) is 24.8 Å². The van der Waals surface area contributed by atoms with Crippen LogP contribution in [0.5, 0.6) is 0 Å². The first-order chi connectivity index (χ1) is 10.7. The monoisotopic (exact) mass is 299 g/mol. The Balaban J connectivity index is 1.77. The maximum atomic E-state index is 12.3. The van der Waals surface area contributed by atoms with Gasteiger partial charge in [0.15, 0.2) is 0 Å². The number of ketones is 1. The van der Waals surface area contributed by atoms with Gasteiger partial charge in [0.25, 0.3) is 11.7 Å². The number of aliphatic hydroxyl groups excluding tert-OH is 1. The normalized spacial score (nSPS) is 13.9. The Kier molecular flexibility index (Phi) is 4.02. The van der Waals surface area contributed by atoms with Gasteiger partial charge in [-0.3, -0.25) is 9.59 Å². The zero-order chi connectivity index (χ0) is 15.5. The molecule has 1 N–H and O–H groups in total. The highest BCUT2D eigenvalue weighted by molar-refractivity contribution is 6.42. The third-order valence-electron chi connectivity index (χ3n) is 3.65. The lowest BCUT2D eigenvalue weighted by atomic mass is 10.2. The number of carbonyl (C=O) groups is 2. The molecule has 0 aliphatic heterocycles. The summed E-state index contributed by atoms with van der Waals surface area (Å²) >= 11 is 0. The molecule has 0 radical (unpaired) electrons. The second-order valence-electron chi connectivity index (χ2n) is 5.29. The lowest BCUT2D eigenvalue weighted by Crippen LogP contribution is -2.40. The number of hydrogen-bond acceptors (Lipinski definition) is 4. The molecule has 22 heavy (non-hydrogen) atoms. The Morgan fingerprint density at radius 2 is 2.00 bits per heavy atom. The molecule has 1 aliphatic carbocycles. The van der Waals surface area contributed by atoms with Crippen LogP contribution in [0.4, 0.5) is 0 Å². The number of carbonyl (C=O) groups excluding carboxylic acids is 2. The van der Waals surface area contributed by atoms with Crippen LogP contribution in [0.15, 0.2) is 42.7 Å². The number of Topliss-reactive ketones (excluding diaryl/α,β-unsaturated/α-hetero) is 1. The fourth-order valence-electron chi connectivity index (χ4n) is 2.36. The van der Waals surface area contributed by atoms with Crippen molar-refractivity contribution < 1.29 is 14.7 Å². The summed E-state index contributed by atoms with van der Waals surface area (Å²) in [5, 5.41) is 13.2. The number of aliphatic hydroxyl groups is 1. The minimum Gasteiger partial charge on any atom is -0.395 e. The Morgan fingerprint density at radius 1 is 1.27 bits per heavy atom. The topological polar surface area (TPSA) is 75.4 Å². The van der Waals surface area contributed by atoms with Crippen molar-refractivity contribution in [3.05, 3.63) is 48.3 Å². The van der Waals surface area contributed by atoms with Gasteiger partial charge >= 0.3 is 0 Å². The van der Waals surface area contributed by atoms with Crippen LogP contribution in [0.2, 0.25) is 0 Å². The largest absolute Gasteiger partial charge is 0.395 e. The van der Waals surface area contributed by atoms with Crippen molar-refractivity contribution >= 4 is 11.7 Å². The van der Waals surface area contributed by atoms with Crippen LogP contribution < -0.4 is 0 Å². The summed E-state index contributed by atoms with van der Waals surface area (Å²) in [5.74, 6) is -1.15. The van der Waals surface area contributed by atoms with Crippen molar-refractivity contribution in [2.45, 2.75) is 18.9 Å². The van der Waals surface area contributed by atoms with Crippen LogP contribution in [-0.2, 0) is 4.79 Å². The molecule has 6 nitrogen and oxygen atoms in total. The molecule has 2 aromatic rings. The van der Waals surface area contributed by atoms with Gasteiger partial charge in [-0.25, -0.2) is 4.68 Å². The van der Waals surface area contributed by atoms with Gasteiger partial charge < -0.3 is 10.0 Å². The fourth-order valence-corrected chi connectivity index (χ4v) is 2.36. The van der Waals surface area contributed by atoms with E-state index in [1.165, 1.54) is 11.1 Å².